The van der Waals surface area contributed by atoms with E-state index in [1.54, 1.807) is 19.1 Å². The van der Waals surface area contributed by atoms with Gasteiger partial charge in [0.05, 0.1) is 10.4 Å². The van der Waals surface area contributed by atoms with Gasteiger partial charge in [0.1, 0.15) is 0 Å². The van der Waals surface area contributed by atoms with Gasteiger partial charge >= 0.3 is 0 Å². The molecule has 0 bridgehead atoms. The first-order chi connectivity index (χ1) is 6.07. The van der Waals surface area contributed by atoms with Crippen LogP contribution in [0.15, 0.2) is 12.1 Å². The molecule has 1 nitrogen and oxygen atoms in total. The van der Waals surface area contributed by atoms with Gasteiger partial charge in [-0.1, -0.05) is 39.1 Å². The first-order valence-corrected chi connectivity index (χ1v) is 5.49. The van der Waals surface area contributed by atoms with Crippen molar-refractivity contribution in [2.45, 2.75) is 6.92 Å². The molecule has 0 atom stereocenters. The Morgan fingerprint density at radius 1 is 1.38 bits per heavy atom. The summed E-state index contributed by atoms with van der Waals surface area (Å²) in [6.07, 6.45) is 0. The van der Waals surface area contributed by atoms with Crippen LogP contribution in [0.25, 0.3) is 0 Å². The van der Waals surface area contributed by atoms with E-state index in [4.69, 9.17) is 23.2 Å². The SMILES string of the molecule is Cc1c(Cl)ccc(Cl)c1C(=O)CBr. The zero-order chi connectivity index (χ0) is 10.0. The summed E-state index contributed by atoms with van der Waals surface area (Å²) in [5.74, 6) is -0.0509. The maximum Gasteiger partial charge on any atom is 0.175 e. The van der Waals surface area contributed by atoms with Crippen LogP contribution in [0.4, 0.5) is 0 Å². The summed E-state index contributed by atoms with van der Waals surface area (Å²) >= 11 is 14.8. The van der Waals surface area contributed by atoms with Crippen LogP contribution >= 0.6 is 39.1 Å². The number of carbonyl (C=O) groups excluding carboxylic acids is 1. The normalized spacial score (nSPS) is 10.2. The second-order valence-corrected chi connectivity index (χ2v) is 3.96. The molecule has 1 aromatic carbocycles. The lowest BCUT2D eigenvalue weighted by molar-refractivity contribution is 0.102. The quantitative estimate of drug-likeness (QED) is 0.594. The van der Waals surface area contributed by atoms with E-state index in [0.29, 0.717) is 15.6 Å². The maximum absolute atomic E-state index is 11.4. The molecular weight excluding hydrogens is 275 g/mol. The minimum absolute atomic E-state index is 0.0509. The van der Waals surface area contributed by atoms with Gasteiger partial charge in [0, 0.05) is 10.6 Å². The molecular formula is C9H7BrCl2O. The molecule has 0 fully saturated rings. The van der Waals surface area contributed by atoms with E-state index >= 15 is 0 Å². The molecule has 0 spiro atoms. The summed E-state index contributed by atoms with van der Waals surface area (Å²) in [6, 6.07) is 3.32. The molecule has 0 aliphatic carbocycles. The van der Waals surface area contributed by atoms with Crippen molar-refractivity contribution >= 4 is 44.9 Å². The van der Waals surface area contributed by atoms with E-state index in [0.717, 1.165) is 5.56 Å². The van der Waals surface area contributed by atoms with E-state index in [9.17, 15) is 4.79 Å². The fourth-order valence-corrected chi connectivity index (χ4v) is 1.81. The van der Waals surface area contributed by atoms with Crippen molar-refractivity contribution in [3.63, 3.8) is 0 Å². The first kappa shape index (κ1) is 11.0. The van der Waals surface area contributed by atoms with Crippen molar-refractivity contribution in [2.75, 3.05) is 5.33 Å². The van der Waals surface area contributed by atoms with E-state index in [1.165, 1.54) is 0 Å². The number of hydrogen-bond donors (Lipinski definition) is 0. The molecule has 0 aromatic heterocycles. The molecule has 0 saturated carbocycles. The predicted molar refractivity (Wildman–Crippen MR) is 59.3 cm³/mol. The highest BCUT2D eigenvalue weighted by molar-refractivity contribution is 9.09. The lowest BCUT2D eigenvalue weighted by Gasteiger charge is -2.06. The van der Waals surface area contributed by atoms with Crippen LogP contribution in [0.3, 0.4) is 0 Å². The van der Waals surface area contributed by atoms with Crippen LogP contribution in [0.5, 0.6) is 0 Å². The number of carbonyl (C=O) groups is 1. The lowest BCUT2D eigenvalue weighted by atomic mass is 10.1. The maximum atomic E-state index is 11.4. The van der Waals surface area contributed by atoms with E-state index in [2.05, 4.69) is 15.9 Å². The second-order valence-electron chi connectivity index (χ2n) is 2.59. The van der Waals surface area contributed by atoms with Gasteiger partial charge in [-0.2, -0.15) is 0 Å². The van der Waals surface area contributed by atoms with Crippen LogP contribution in [0, 0.1) is 6.92 Å². The number of benzene rings is 1. The van der Waals surface area contributed by atoms with Crippen molar-refractivity contribution < 1.29 is 4.79 Å². The molecule has 13 heavy (non-hydrogen) atoms. The standard InChI is InChI=1S/C9H7BrCl2O/c1-5-6(11)2-3-7(12)9(5)8(13)4-10/h2-3H,4H2,1H3. The molecule has 0 heterocycles. The summed E-state index contributed by atoms with van der Waals surface area (Å²) < 4.78 is 0. The predicted octanol–water partition coefficient (Wildman–Crippen LogP) is 3.88. The van der Waals surface area contributed by atoms with E-state index in [-0.39, 0.29) is 11.1 Å². The van der Waals surface area contributed by atoms with Gasteiger partial charge in [0.25, 0.3) is 0 Å². The van der Waals surface area contributed by atoms with Crippen molar-refractivity contribution in [3.05, 3.63) is 33.3 Å². The highest BCUT2D eigenvalue weighted by Crippen LogP contribution is 2.26. The number of Topliss-reactive ketones (excluding diaryl/α,β-unsaturated/α-hetero) is 1. The monoisotopic (exact) mass is 280 g/mol. The molecule has 0 amide bonds. The molecule has 0 aliphatic heterocycles. The fourth-order valence-electron chi connectivity index (χ4n) is 1.06. The third-order valence-corrected chi connectivity index (χ3v) is 2.98. The summed E-state index contributed by atoms with van der Waals surface area (Å²) in [5.41, 5.74) is 1.24. The molecule has 0 aliphatic rings. The Bertz CT molecular complexity index is 350. The second kappa shape index (κ2) is 4.45. The van der Waals surface area contributed by atoms with Crippen LogP contribution in [0.1, 0.15) is 15.9 Å². The van der Waals surface area contributed by atoms with Crippen LogP contribution in [-0.4, -0.2) is 11.1 Å². The number of rotatable bonds is 2. The van der Waals surface area contributed by atoms with Gasteiger partial charge in [-0.25, -0.2) is 0 Å². The van der Waals surface area contributed by atoms with Gasteiger partial charge in [0.2, 0.25) is 0 Å². The van der Waals surface area contributed by atoms with E-state index in [1.807, 2.05) is 0 Å². The topological polar surface area (TPSA) is 17.1 Å². The minimum Gasteiger partial charge on any atom is -0.293 e. The van der Waals surface area contributed by atoms with Crippen molar-refractivity contribution in [3.8, 4) is 0 Å². The van der Waals surface area contributed by atoms with Gasteiger partial charge in [0.15, 0.2) is 5.78 Å². The number of halogens is 3. The Morgan fingerprint density at radius 2 is 1.92 bits per heavy atom. The Hall–Kier alpha value is -0.0500. The Morgan fingerprint density at radius 3 is 2.46 bits per heavy atom. The summed E-state index contributed by atoms with van der Waals surface area (Å²) in [5, 5.41) is 1.27. The molecule has 1 aromatic rings. The molecule has 4 heteroatoms. The van der Waals surface area contributed by atoms with Crippen molar-refractivity contribution in [1.82, 2.24) is 0 Å². The smallest absolute Gasteiger partial charge is 0.175 e. The van der Waals surface area contributed by atoms with Gasteiger partial charge in [-0.15, -0.1) is 0 Å². The van der Waals surface area contributed by atoms with Gasteiger partial charge in [-0.05, 0) is 24.6 Å². The molecule has 0 unspecified atom stereocenters. The highest BCUT2D eigenvalue weighted by atomic mass is 79.9. The van der Waals surface area contributed by atoms with Gasteiger partial charge < -0.3 is 0 Å². The Labute approximate surface area is 95.2 Å². The third-order valence-electron chi connectivity index (χ3n) is 1.75. The first-order valence-electron chi connectivity index (χ1n) is 3.61. The summed E-state index contributed by atoms with van der Waals surface area (Å²) in [7, 11) is 0. The summed E-state index contributed by atoms with van der Waals surface area (Å²) in [4.78, 5) is 11.4. The largest absolute Gasteiger partial charge is 0.293 e. The van der Waals surface area contributed by atoms with Gasteiger partial charge in [-0.3, -0.25) is 4.79 Å². The van der Waals surface area contributed by atoms with Crippen LogP contribution in [-0.2, 0) is 0 Å². The lowest BCUT2D eigenvalue weighted by Crippen LogP contribution is -2.04. The third kappa shape index (κ3) is 2.25. The molecule has 0 saturated heterocycles. The number of alkyl halides is 1. The number of ketones is 1. The summed E-state index contributed by atoms with van der Waals surface area (Å²) in [6.45, 7) is 1.78. The zero-order valence-corrected chi connectivity index (χ0v) is 10.0. The zero-order valence-electron chi connectivity index (χ0n) is 6.90. The number of hydrogen-bond acceptors (Lipinski definition) is 1. The Balaban J connectivity index is 3.33. The Kier molecular flexibility index (Phi) is 3.77. The fraction of sp³-hybridized carbons (Fsp3) is 0.222. The molecule has 1 rings (SSSR count). The highest BCUT2D eigenvalue weighted by Gasteiger charge is 2.13. The van der Waals surface area contributed by atoms with Crippen molar-refractivity contribution in [1.29, 1.82) is 0 Å². The molecule has 0 N–H and O–H groups in total. The molecule has 70 valence electrons. The minimum atomic E-state index is -0.0509. The average Bonchev–Trinajstić information content (AvgIpc) is 2.12. The van der Waals surface area contributed by atoms with Crippen LogP contribution < -0.4 is 0 Å². The van der Waals surface area contributed by atoms with E-state index < -0.39 is 0 Å². The average molecular weight is 282 g/mol. The van der Waals surface area contributed by atoms with Crippen LogP contribution in [0.2, 0.25) is 10.0 Å². The van der Waals surface area contributed by atoms with Crippen molar-refractivity contribution in [2.24, 2.45) is 0 Å². The molecule has 0 radical (unpaired) electrons.